The van der Waals surface area contributed by atoms with Gasteiger partial charge in [-0.05, 0) is 50.6 Å². The van der Waals surface area contributed by atoms with Gasteiger partial charge in [0.25, 0.3) is 0 Å². The highest BCUT2D eigenvalue weighted by Crippen LogP contribution is 2.23. The van der Waals surface area contributed by atoms with Crippen molar-refractivity contribution in [3.05, 3.63) is 34.3 Å². The van der Waals surface area contributed by atoms with Crippen LogP contribution >= 0.6 is 15.9 Å². The number of benzene rings is 1. The number of hydrogen-bond acceptors (Lipinski definition) is 2. The molecule has 3 heteroatoms. The number of anilines is 1. The summed E-state index contributed by atoms with van der Waals surface area (Å²) >= 11 is 3.48. The fourth-order valence-electron chi connectivity index (χ4n) is 1.74. The largest absolute Gasteiger partial charge is 0.368 e. The topological polar surface area (TPSA) is 24.9 Å². The van der Waals surface area contributed by atoms with Crippen LogP contribution in [-0.2, 0) is 0 Å². The van der Waals surface area contributed by atoms with Gasteiger partial charge in [-0.1, -0.05) is 15.9 Å². The molecule has 2 rings (SSSR count). The molecular weight excluding hydrogens is 264 g/mol. The van der Waals surface area contributed by atoms with E-state index in [1.165, 1.54) is 10.9 Å². The van der Waals surface area contributed by atoms with Gasteiger partial charge in [0.15, 0.2) is 0 Å². The van der Waals surface area contributed by atoms with Crippen molar-refractivity contribution in [1.82, 2.24) is 4.98 Å². The molecule has 0 spiro atoms. The maximum absolute atomic E-state index is 4.59. The van der Waals surface area contributed by atoms with Gasteiger partial charge >= 0.3 is 0 Å². The number of pyridine rings is 1. The highest BCUT2D eigenvalue weighted by Gasteiger charge is 2.04. The van der Waals surface area contributed by atoms with Crippen molar-refractivity contribution in [3.63, 3.8) is 0 Å². The van der Waals surface area contributed by atoms with Gasteiger partial charge in [-0.15, -0.1) is 0 Å². The molecule has 0 fully saturated rings. The second-order valence-corrected chi connectivity index (χ2v) is 5.20. The lowest BCUT2D eigenvalue weighted by atomic mass is 10.1. The molecule has 0 aliphatic rings. The maximum Gasteiger partial charge on any atom is 0.127 e. The molecule has 84 valence electrons. The summed E-state index contributed by atoms with van der Waals surface area (Å²) in [6, 6.07) is 8.66. The van der Waals surface area contributed by atoms with Crippen molar-refractivity contribution < 1.29 is 0 Å². The average molecular weight is 279 g/mol. The van der Waals surface area contributed by atoms with E-state index in [9.17, 15) is 0 Å². The Kier molecular flexibility index (Phi) is 3.15. The summed E-state index contributed by atoms with van der Waals surface area (Å²) in [7, 11) is 0. The van der Waals surface area contributed by atoms with Crippen molar-refractivity contribution in [3.8, 4) is 0 Å². The third-order valence-corrected chi connectivity index (χ3v) is 2.91. The summed E-state index contributed by atoms with van der Waals surface area (Å²) in [4.78, 5) is 4.59. The zero-order valence-corrected chi connectivity index (χ0v) is 11.3. The summed E-state index contributed by atoms with van der Waals surface area (Å²) in [6.45, 7) is 6.34. The molecule has 0 unspecified atom stereocenters. The Morgan fingerprint density at radius 3 is 2.69 bits per heavy atom. The molecule has 0 saturated heterocycles. The third-order valence-electron chi connectivity index (χ3n) is 2.41. The lowest BCUT2D eigenvalue weighted by molar-refractivity contribution is 0.891. The van der Waals surface area contributed by atoms with Crippen LogP contribution in [0.4, 0.5) is 5.82 Å². The Labute approximate surface area is 104 Å². The summed E-state index contributed by atoms with van der Waals surface area (Å²) in [5, 5.41) is 4.53. The van der Waals surface area contributed by atoms with E-state index < -0.39 is 0 Å². The molecule has 2 nitrogen and oxygen atoms in total. The van der Waals surface area contributed by atoms with Crippen molar-refractivity contribution in [2.45, 2.75) is 26.8 Å². The van der Waals surface area contributed by atoms with Crippen molar-refractivity contribution in [2.75, 3.05) is 5.32 Å². The van der Waals surface area contributed by atoms with Crippen LogP contribution in [0, 0.1) is 6.92 Å². The summed E-state index contributed by atoms with van der Waals surface area (Å²) in [5.41, 5.74) is 2.28. The van der Waals surface area contributed by atoms with Crippen LogP contribution in [0.25, 0.3) is 10.9 Å². The maximum atomic E-state index is 4.59. The van der Waals surface area contributed by atoms with Gasteiger partial charge in [0.2, 0.25) is 0 Å². The van der Waals surface area contributed by atoms with E-state index in [2.05, 4.69) is 59.1 Å². The number of aryl methyl sites for hydroxylation is 1. The van der Waals surface area contributed by atoms with Gasteiger partial charge in [-0.2, -0.15) is 0 Å². The van der Waals surface area contributed by atoms with Crippen molar-refractivity contribution >= 4 is 32.7 Å². The molecular formula is C13H15BrN2. The van der Waals surface area contributed by atoms with E-state index >= 15 is 0 Å². The highest BCUT2D eigenvalue weighted by molar-refractivity contribution is 9.10. The summed E-state index contributed by atoms with van der Waals surface area (Å²) < 4.78 is 1.09. The quantitative estimate of drug-likeness (QED) is 0.894. The Bertz CT molecular complexity index is 521. The molecule has 0 saturated carbocycles. The molecule has 2 aromatic rings. The number of hydrogen-bond donors (Lipinski definition) is 1. The Morgan fingerprint density at radius 1 is 1.25 bits per heavy atom. The first kappa shape index (κ1) is 11.4. The van der Waals surface area contributed by atoms with E-state index in [0.717, 1.165) is 15.8 Å². The fourth-order valence-corrected chi connectivity index (χ4v) is 2.10. The molecule has 1 N–H and O–H groups in total. The van der Waals surface area contributed by atoms with Crippen LogP contribution in [0.15, 0.2) is 28.7 Å². The van der Waals surface area contributed by atoms with E-state index in [1.807, 2.05) is 12.1 Å². The fraction of sp³-hybridized carbons (Fsp3) is 0.308. The van der Waals surface area contributed by atoms with Gasteiger partial charge in [0.1, 0.15) is 5.82 Å². The van der Waals surface area contributed by atoms with Crippen LogP contribution in [0.2, 0.25) is 0 Å². The van der Waals surface area contributed by atoms with Gasteiger partial charge in [-0.25, -0.2) is 4.98 Å². The number of rotatable bonds is 2. The van der Waals surface area contributed by atoms with E-state index in [0.29, 0.717) is 6.04 Å². The zero-order chi connectivity index (χ0) is 11.7. The second-order valence-electron chi connectivity index (χ2n) is 4.28. The highest BCUT2D eigenvalue weighted by atomic mass is 79.9. The van der Waals surface area contributed by atoms with Gasteiger partial charge in [-0.3, -0.25) is 0 Å². The summed E-state index contributed by atoms with van der Waals surface area (Å²) in [5.74, 6) is 0.947. The van der Waals surface area contributed by atoms with E-state index in [-0.39, 0.29) is 0 Å². The molecule has 1 heterocycles. The SMILES string of the molecule is Cc1cc(NC(C)C)nc2ccc(Br)cc12. The lowest BCUT2D eigenvalue weighted by Crippen LogP contribution is -2.11. The van der Waals surface area contributed by atoms with Crippen LogP contribution in [0.5, 0.6) is 0 Å². The molecule has 0 aliphatic heterocycles. The van der Waals surface area contributed by atoms with E-state index in [4.69, 9.17) is 0 Å². The number of halogens is 1. The molecule has 0 radical (unpaired) electrons. The van der Waals surface area contributed by atoms with Gasteiger partial charge in [0.05, 0.1) is 5.52 Å². The van der Waals surface area contributed by atoms with E-state index in [1.54, 1.807) is 0 Å². The molecule has 0 aliphatic carbocycles. The Hall–Kier alpha value is -1.09. The molecule has 0 amide bonds. The second kappa shape index (κ2) is 4.42. The van der Waals surface area contributed by atoms with Crippen molar-refractivity contribution in [1.29, 1.82) is 0 Å². The number of nitrogens with one attached hydrogen (secondary N) is 1. The predicted molar refractivity (Wildman–Crippen MR) is 72.9 cm³/mol. The minimum Gasteiger partial charge on any atom is -0.368 e. The van der Waals surface area contributed by atoms with Crippen LogP contribution in [0.1, 0.15) is 19.4 Å². The zero-order valence-electron chi connectivity index (χ0n) is 9.71. The first-order valence-electron chi connectivity index (χ1n) is 5.39. The lowest BCUT2D eigenvalue weighted by Gasteiger charge is -2.11. The smallest absolute Gasteiger partial charge is 0.127 e. The predicted octanol–water partition coefficient (Wildman–Crippen LogP) is 4.13. The average Bonchev–Trinajstić information content (AvgIpc) is 2.18. The van der Waals surface area contributed by atoms with Gasteiger partial charge < -0.3 is 5.32 Å². The van der Waals surface area contributed by atoms with Crippen LogP contribution in [0.3, 0.4) is 0 Å². The Morgan fingerprint density at radius 2 is 2.00 bits per heavy atom. The molecule has 0 atom stereocenters. The molecule has 1 aromatic heterocycles. The third kappa shape index (κ3) is 2.35. The first-order valence-corrected chi connectivity index (χ1v) is 6.19. The molecule has 0 bridgehead atoms. The number of nitrogens with zero attached hydrogens (tertiary/aromatic N) is 1. The first-order chi connectivity index (χ1) is 7.56. The molecule has 1 aromatic carbocycles. The standard InChI is InChI=1S/C13H15BrN2/c1-8(2)15-13-6-9(3)11-7-10(14)4-5-12(11)16-13/h4-8H,1-3H3,(H,15,16). The minimum atomic E-state index is 0.403. The van der Waals surface area contributed by atoms with Crippen LogP contribution in [-0.4, -0.2) is 11.0 Å². The van der Waals surface area contributed by atoms with Crippen molar-refractivity contribution in [2.24, 2.45) is 0 Å². The normalized spacial score (nSPS) is 11.1. The number of aromatic nitrogens is 1. The summed E-state index contributed by atoms with van der Waals surface area (Å²) in [6.07, 6.45) is 0. The number of fused-ring (bicyclic) bond motifs is 1. The Balaban J connectivity index is 2.55. The molecule has 16 heavy (non-hydrogen) atoms. The minimum absolute atomic E-state index is 0.403. The monoisotopic (exact) mass is 278 g/mol. The van der Waals surface area contributed by atoms with Gasteiger partial charge in [0, 0.05) is 15.9 Å². The van der Waals surface area contributed by atoms with Crippen LogP contribution < -0.4 is 5.32 Å².